The van der Waals surface area contributed by atoms with Crippen molar-refractivity contribution < 1.29 is 0 Å². The van der Waals surface area contributed by atoms with Gasteiger partial charge in [-0.3, -0.25) is 4.98 Å². The first-order valence-corrected chi connectivity index (χ1v) is 4.62. The van der Waals surface area contributed by atoms with Crippen LogP contribution >= 0.6 is 0 Å². The van der Waals surface area contributed by atoms with Gasteiger partial charge in [-0.25, -0.2) is 0 Å². The summed E-state index contributed by atoms with van der Waals surface area (Å²) in [5.74, 6) is 0. The van der Waals surface area contributed by atoms with Crippen molar-refractivity contribution in [2.24, 2.45) is 0 Å². The Hall–Kier alpha value is -1.57. The molecule has 0 radical (unpaired) electrons. The molecule has 0 amide bonds. The quantitative estimate of drug-likeness (QED) is 0.703. The van der Waals surface area contributed by atoms with Crippen molar-refractivity contribution in [2.75, 3.05) is 18.5 Å². The molecule has 0 saturated carbocycles. The summed E-state index contributed by atoms with van der Waals surface area (Å²) in [7, 11) is 2.02. The Balaban J connectivity index is 3.46. The summed E-state index contributed by atoms with van der Waals surface area (Å²) in [5, 5.41) is 1.57. The van der Waals surface area contributed by atoms with Crippen LogP contribution in [0.1, 0.15) is 12.5 Å². The zero-order valence-corrected chi connectivity index (χ0v) is 8.88. The van der Waals surface area contributed by atoms with Gasteiger partial charge in [0.2, 0.25) is 0 Å². The van der Waals surface area contributed by atoms with Crippen LogP contribution in [0.5, 0.6) is 0 Å². The van der Waals surface area contributed by atoms with E-state index in [1.165, 1.54) is 0 Å². The Morgan fingerprint density at radius 2 is 2.14 bits per heavy atom. The van der Waals surface area contributed by atoms with Crippen molar-refractivity contribution in [3.8, 4) is 0 Å². The van der Waals surface area contributed by atoms with Crippen LogP contribution < -0.4 is 15.5 Å². The molecule has 1 heterocycles. The highest BCUT2D eigenvalue weighted by Gasteiger charge is 2.04. The SMILES string of the molecule is C=Cc1c(N(C)CC)cnc(=C)c1=C. The number of pyridine rings is 1. The van der Waals surface area contributed by atoms with Gasteiger partial charge in [0.15, 0.2) is 0 Å². The maximum Gasteiger partial charge on any atom is 0.0631 e. The van der Waals surface area contributed by atoms with Crippen LogP contribution in [0.3, 0.4) is 0 Å². The maximum atomic E-state index is 4.19. The van der Waals surface area contributed by atoms with Crippen molar-refractivity contribution in [3.05, 3.63) is 28.9 Å². The third kappa shape index (κ3) is 1.69. The van der Waals surface area contributed by atoms with Gasteiger partial charge in [-0.2, -0.15) is 0 Å². The second kappa shape index (κ2) is 4.09. The van der Waals surface area contributed by atoms with E-state index in [1.54, 1.807) is 6.08 Å². The number of aromatic nitrogens is 1. The van der Waals surface area contributed by atoms with E-state index in [9.17, 15) is 0 Å². The van der Waals surface area contributed by atoms with E-state index in [1.807, 2.05) is 13.2 Å². The van der Waals surface area contributed by atoms with Crippen molar-refractivity contribution in [1.29, 1.82) is 0 Å². The fraction of sp³-hybridized carbons (Fsp3) is 0.250. The molecule has 0 aromatic carbocycles. The average molecular weight is 188 g/mol. The number of nitrogens with zero attached hydrogens (tertiary/aromatic N) is 2. The number of anilines is 1. The molecule has 0 aliphatic heterocycles. The maximum absolute atomic E-state index is 4.19. The summed E-state index contributed by atoms with van der Waals surface area (Å²) in [6.45, 7) is 14.6. The molecular weight excluding hydrogens is 172 g/mol. The Labute approximate surface area is 84.9 Å². The highest BCUT2D eigenvalue weighted by molar-refractivity contribution is 5.66. The topological polar surface area (TPSA) is 16.1 Å². The van der Waals surface area contributed by atoms with Gasteiger partial charge in [0.25, 0.3) is 0 Å². The standard InChI is InChI=1S/C12H16N2/c1-6-11-9(3)10(4)13-8-12(11)14(5)7-2/h6,8H,1,3-4,7H2,2,5H3. The van der Waals surface area contributed by atoms with Gasteiger partial charge in [-0.1, -0.05) is 25.8 Å². The number of hydrogen-bond acceptors (Lipinski definition) is 2. The van der Waals surface area contributed by atoms with Crippen LogP contribution in [0.4, 0.5) is 5.69 Å². The molecule has 1 aromatic rings. The average Bonchev–Trinajstić information content (AvgIpc) is 2.20. The molecule has 0 aliphatic rings. The molecule has 0 fully saturated rings. The van der Waals surface area contributed by atoms with Gasteiger partial charge >= 0.3 is 0 Å². The minimum absolute atomic E-state index is 0.716. The first-order valence-electron chi connectivity index (χ1n) is 4.62. The lowest BCUT2D eigenvalue weighted by Gasteiger charge is -2.18. The van der Waals surface area contributed by atoms with Crippen LogP contribution in [0.15, 0.2) is 12.8 Å². The van der Waals surface area contributed by atoms with Crippen LogP contribution in [0.25, 0.3) is 19.2 Å². The molecule has 0 saturated heterocycles. The molecule has 74 valence electrons. The third-order valence-corrected chi connectivity index (χ3v) is 2.38. The van der Waals surface area contributed by atoms with Crippen molar-refractivity contribution in [3.63, 3.8) is 0 Å². The molecule has 1 rings (SSSR count). The molecule has 2 heteroatoms. The summed E-state index contributed by atoms with van der Waals surface area (Å²) in [6.07, 6.45) is 3.62. The fourth-order valence-electron chi connectivity index (χ4n) is 1.30. The van der Waals surface area contributed by atoms with Crippen LogP contribution in [-0.4, -0.2) is 18.6 Å². The molecule has 0 bridgehead atoms. The lowest BCUT2D eigenvalue weighted by molar-refractivity contribution is 0.955. The summed E-state index contributed by atoms with van der Waals surface area (Å²) in [4.78, 5) is 6.30. The van der Waals surface area contributed by atoms with E-state index in [0.29, 0.717) is 5.35 Å². The first kappa shape index (κ1) is 10.5. The van der Waals surface area contributed by atoms with Gasteiger partial charge < -0.3 is 4.90 Å². The molecule has 1 aromatic heterocycles. The minimum atomic E-state index is 0.716. The molecule has 14 heavy (non-hydrogen) atoms. The van der Waals surface area contributed by atoms with E-state index < -0.39 is 0 Å². The van der Waals surface area contributed by atoms with Crippen molar-refractivity contribution in [2.45, 2.75) is 6.92 Å². The lowest BCUT2D eigenvalue weighted by Crippen LogP contribution is -2.31. The zero-order chi connectivity index (χ0) is 10.7. The Morgan fingerprint density at radius 1 is 1.50 bits per heavy atom. The zero-order valence-electron chi connectivity index (χ0n) is 8.88. The van der Waals surface area contributed by atoms with Crippen LogP contribution in [0, 0.1) is 0 Å². The van der Waals surface area contributed by atoms with E-state index >= 15 is 0 Å². The Kier molecular flexibility index (Phi) is 3.07. The molecule has 0 unspecified atom stereocenters. The fourth-order valence-corrected chi connectivity index (χ4v) is 1.30. The Bertz CT molecular complexity index is 434. The number of rotatable bonds is 3. The smallest absolute Gasteiger partial charge is 0.0631 e. The minimum Gasteiger partial charge on any atom is -0.373 e. The van der Waals surface area contributed by atoms with E-state index in [2.05, 4.69) is 36.5 Å². The van der Waals surface area contributed by atoms with E-state index in [0.717, 1.165) is 23.0 Å². The largest absolute Gasteiger partial charge is 0.373 e. The highest BCUT2D eigenvalue weighted by atomic mass is 15.1. The third-order valence-electron chi connectivity index (χ3n) is 2.38. The summed E-state index contributed by atoms with van der Waals surface area (Å²) >= 11 is 0. The van der Waals surface area contributed by atoms with E-state index in [-0.39, 0.29) is 0 Å². The summed E-state index contributed by atoms with van der Waals surface area (Å²) in [5.41, 5.74) is 2.08. The van der Waals surface area contributed by atoms with Gasteiger partial charge in [0.05, 0.1) is 17.2 Å². The predicted octanol–water partition coefficient (Wildman–Crippen LogP) is 1.00. The molecule has 2 nitrogen and oxygen atoms in total. The first-order chi connectivity index (χ1) is 6.61. The Morgan fingerprint density at radius 3 is 2.64 bits per heavy atom. The highest BCUT2D eigenvalue weighted by Crippen LogP contribution is 2.13. The molecule has 0 N–H and O–H groups in total. The molecule has 0 atom stereocenters. The second-order valence-electron chi connectivity index (χ2n) is 3.20. The molecule has 0 spiro atoms. The van der Waals surface area contributed by atoms with Gasteiger partial charge in [0.1, 0.15) is 0 Å². The number of hydrogen-bond donors (Lipinski definition) is 0. The van der Waals surface area contributed by atoms with Gasteiger partial charge in [-0.05, 0) is 6.92 Å². The summed E-state index contributed by atoms with van der Waals surface area (Å²) in [6, 6.07) is 0. The molecule has 0 aliphatic carbocycles. The van der Waals surface area contributed by atoms with Crippen LogP contribution in [-0.2, 0) is 0 Å². The van der Waals surface area contributed by atoms with Gasteiger partial charge in [0, 0.05) is 24.4 Å². The van der Waals surface area contributed by atoms with Crippen molar-refractivity contribution >= 4 is 24.9 Å². The predicted molar refractivity (Wildman–Crippen MR) is 63.6 cm³/mol. The van der Waals surface area contributed by atoms with E-state index in [4.69, 9.17) is 0 Å². The second-order valence-corrected chi connectivity index (χ2v) is 3.20. The lowest BCUT2D eigenvalue weighted by atomic mass is 10.1. The molecular formula is C12H16N2. The normalized spacial score (nSPS) is 9.86. The summed E-state index contributed by atoms with van der Waals surface area (Å²) < 4.78 is 0. The monoisotopic (exact) mass is 188 g/mol. The van der Waals surface area contributed by atoms with Crippen molar-refractivity contribution in [1.82, 2.24) is 4.98 Å². The van der Waals surface area contributed by atoms with Gasteiger partial charge in [-0.15, -0.1) is 0 Å². The van der Waals surface area contributed by atoms with Crippen LogP contribution in [0.2, 0.25) is 0 Å².